The Hall–Kier alpha value is -0.976. The molecule has 0 heterocycles. The van der Waals surface area contributed by atoms with Gasteiger partial charge >= 0.3 is 0 Å². The van der Waals surface area contributed by atoms with Crippen molar-refractivity contribution in [3.05, 3.63) is 42.0 Å². The zero-order valence-corrected chi connectivity index (χ0v) is 24.2. The Bertz CT molecular complexity index is 881. The summed E-state index contributed by atoms with van der Waals surface area (Å²) in [6.07, 6.45) is 0. The number of hydrogen-bond acceptors (Lipinski definition) is 3. The summed E-state index contributed by atoms with van der Waals surface area (Å²) in [5.74, 6) is 1.06. The molecule has 6 heteroatoms. The molecule has 1 atom stereocenters. The summed E-state index contributed by atoms with van der Waals surface area (Å²) >= 11 is 0. The van der Waals surface area contributed by atoms with Crippen LogP contribution in [0.3, 0.4) is 0 Å². The van der Waals surface area contributed by atoms with Gasteiger partial charge in [-0.3, -0.25) is 0 Å². The zero-order valence-electron chi connectivity index (χ0n) is 21.2. The van der Waals surface area contributed by atoms with Crippen molar-refractivity contribution < 1.29 is 9.47 Å². The first-order chi connectivity index (χ1) is 14.2. The van der Waals surface area contributed by atoms with Crippen LogP contribution in [-0.2, 0) is 11.3 Å². The summed E-state index contributed by atoms with van der Waals surface area (Å²) in [5.41, 5.74) is 1.45. The predicted octanol–water partition coefficient (Wildman–Crippen LogP) is 4.28. The van der Waals surface area contributed by atoms with Gasteiger partial charge in [0.15, 0.2) is 6.79 Å². The third kappa shape index (κ3) is 7.83. The number of hydrogen-bond donors (Lipinski definition) is 1. The van der Waals surface area contributed by atoms with Crippen LogP contribution in [0.5, 0.6) is 5.75 Å². The Labute approximate surface area is 194 Å². The van der Waals surface area contributed by atoms with Crippen LogP contribution in [-0.4, -0.2) is 35.6 Å². The van der Waals surface area contributed by atoms with E-state index < -0.39 is 16.1 Å². The average molecular weight is 476 g/mol. The van der Waals surface area contributed by atoms with Crippen LogP contribution in [0.15, 0.2) is 36.4 Å². The lowest BCUT2D eigenvalue weighted by molar-refractivity contribution is 0.0526. The minimum Gasteiger partial charge on any atom is -0.467 e. The van der Waals surface area contributed by atoms with Crippen LogP contribution in [0.2, 0.25) is 39.3 Å². The van der Waals surface area contributed by atoms with Crippen LogP contribution in [0.1, 0.15) is 26.3 Å². The fourth-order valence-electron chi connectivity index (χ4n) is 3.29. The number of methoxy groups -OCH3 is 1. The Morgan fingerprint density at radius 1 is 0.903 bits per heavy atom. The van der Waals surface area contributed by atoms with E-state index >= 15 is 0 Å². The van der Waals surface area contributed by atoms with E-state index in [1.54, 1.807) is 7.11 Å². The second-order valence-electron chi connectivity index (χ2n) is 11.3. The van der Waals surface area contributed by atoms with Gasteiger partial charge < -0.3 is 14.8 Å². The second kappa shape index (κ2) is 10.3. The lowest BCUT2D eigenvalue weighted by atomic mass is 10.1. The largest absolute Gasteiger partial charge is 0.467 e. The maximum Gasteiger partial charge on any atom is 0.188 e. The highest BCUT2D eigenvalue weighted by molar-refractivity contribution is 7.56. The van der Waals surface area contributed by atoms with Crippen LogP contribution < -0.4 is 31.0 Å². The first-order valence-electron chi connectivity index (χ1n) is 11.1. The fourth-order valence-corrected chi connectivity index (χ4v) is 7.68. The quantitative estimate of drug-likeness (QED) is 0.334. The summed E-state index contributed by atoms with van der Waals surface area (Å²) in [7, 11) is -0.831. The van der Waals surface area contributed by atoms with Crippen molar-refractivity contribution >= 4 is 45.7 Å². The molecule has 0 aliphatic carbocycles. The maximum atomic E-state index is 6.26. The number of rotatable bonds is 9. The monoisotopic (exact) mass is 475 g/mol. The van der Waals surface area contributed by atoms with Crippen LogP contribution in [0, 0.1) is 0 Å². The molecule has 0 fully saturated rings. The molecule has 0 bridgehead atoms. The molecule has 1 unspecified atom stereocenters. The van der Waals surface area contributed by atoms with E-state index in [2.05, 4.69) is 102 Å². The SMILES string of the molecule is COCOc1c(Pc2ccccc2CNC(C)(C)C)cc([Si](C)(C)C)cc1[Si](C)(C)C. The van der Waals surface area contributed by atoms with Gasteiger partial charge in [-0.15, -0.1) is 0 Å². The van der Waals surface area contributed by atoms with E-state index in [0.717, 1.165) is 12.3 Å². The predicted molar refractivity (Wildman–Crippen MR) is 146 cm³/mol. The normalized spacial score (nSPS) is 13.2. The molecule has 2 rings (SSSR count). The van der Waals surface area contributed by atoms with Gasteiger partial charge in [-0.25, -0.2) is 0 Å². The zero-order chi connectivity index (χ0) is 23.4. The molecule has 0 saturated heterocycles. The highest BCUT2D eigenvalue weighted by atomic mass is 31.1. The third-order valence-electron chi connectivity index (χ3n) is 5.18. The van der Waals surface area contributed by atoms with Gasteiger partial charge in [0.1, 0.15) is 5.75 Å². The van der Waals surface area contributed by atoms with Crippen molar-refractivity contribution in [2.75, 3.05) is 13.9 Å². The lowest BCUT2D eigenvalue weighted by Crippen LogP contribution is -2.48. The van der Waals surface area contributed by atoms with Crippen LogP contribution in [0.4, 0.5) is 0 Å². The molecule has 1 N–H and O–H groups in total. The van der Waals surface area contributed by atoms with Gasteiger partial charge in [-0.05, 0) is 36.8 Å². The Morgan fingerprint density at radius 3 is 2.10 bits per heavy atom. The van der Waals surface area contributed by atoms with E-state index in [-0.39, 0.29) is 12.3 Å². The molecule has 3 nitrogen and oxygen atoms in total. The van der Waals surface area contributed by atoms with Gasteiger partial charge in [0.25, 0.3) is 0 Å². The first kappa shape index (κ1) is 26.3. The first-order valence-corrected chi connectivity index (χ1v) is 19.1. The van der Waals surface area contributed by atoms with E-state index in [1.165, 1.54) is 26.5 Å². The van der Waals surface area contributed by atoms with Crippen molar-refractivity contribution in [2.24, 2.45) is 0 Å². The molecule has 0 amide bonds. The van der Waals surface area contributed by atoms with Gasteiger partial charge in [0.2, 0.25) is 0 Å². The topological polar surface area (TPSA) is 30.5 Å². The van der Waals surface area contributed by atoms with E-state index in [0.29, 0.717) is 8.58 Å². The summed E-state index contributed by atoms with van der Waals surface area (Å²) < 4.78 is 11.6. The molecule has 2 aromatic rings. The number of nitrogens with one attached hydrogen (secondary N) is 1. The lowest BCUT2D eigenvalue weighted by Gasteiger charge is -2.28. The summed E-state index contributed by atoms with van der Waals surface area (Å²) in [6, 6.07) is 13.7. The van der Waals surface area contributed by atoms with Crippen LogP contribution in [0.25, 0.3) is 0 Å². The van der Waals surface area contributed by atoms with Crippen molar-refractivity contribution in [3.63, 3.8) is 0 Å². The molecule has 0 spiro atoms. The molecule has 31 heavy (non-hydrogen) atoms. The fraction of sp³-hybridized carbons (Fsp3) is 0.520. The molecule has 0 saturated carbocycles. The van der Waals surface area contributed by atoms with Crippen molar-refractivity contribution in [3.8, 4) is 5.75 Å². The minimum atomic E-state index is -1.61. The van der Waals surface area contributed by atoms with E-state index in [4.69, 9.17) is 9.47 Å². The van der Waals surface area contributed by atoms with Gasteiger partial charge in [-0.2, -0.15) is 0 Å². The molecular weight excluding hydrogens is 433 g/mol. The summed E-state index contributed by atoms with van der Waals surface area (Å²) in [4.78, 5) is 0. The highest BCUT2D eigenvalue weighted by Gasteiger charge is 2.28. The van der Waals surface area contributed by atoms with Crippen molar-refractivity contribution in [1.82, 2.24) is 5.32 Å². The molecule has 172 valence electrons. The molecule has 0 aliphatic heterocycles. The van der Waals surface area contributed by atoms with E-state index in [1.807, 2.05) is 0 Å². The third-order valence-corrected chi connectivity index (χ3v) is 10.6. The molecular formula is C25H42NO2PSi2. The van der Waals surface area contributed by atoms with Gasteiger partial charge in [0, 0.05) is 24.5 Å². The molecule has 0 aliphatic rings. The average Bonchev–Trinajstić information content (AvgIpc) is 2.63. The summed E-state index contributed by atoms with van der Waals surface area (Å²) in [6.45, 7) is 22.3. The smallest absolute Gasteiger partial charge is 0.188 e. The molecule has 0 aromatic heterocycles. The maximum absolute atomic E-state index is 6.26. The molecule has 2 aromatic carbocycles. The van der Waals surface area contributed by atoms with E-state index in [9.17, 15) is 0 Å². The standard InChI is InChI=1S/C25H42NO2PSi2/c1-25(2,3)26-17-19-13-11-12-14-21(19)29-22-15-20(30(5,6)7)16-23(31(8,9)10)24(22)28-18-27-4/h11-16,26,29H,17-18H2,1-10H3. The van der Waals surface area contributed by atoms with Crippen molar-refractivity contribution in [2.45, 2.75) is 72.1 Å². The highest BCUT2D eigenvalue weighted by Crippen LogP contribution is 2.23. The van der Waals surface area contributed by atoms with Crippen molar-refractivity contribution in [1.29, 1.82) is 0 Å². The number of benzene rings is 2. The Kier molecular flexibility index (Phi) is 8.74. The Morgan fingerprint density at radius 2 is 1.55 bits per heavy atom. The Balaban J connectivity index is 2.59. The minimum absolute atomic E-state index is 0.0890. The van der Waals surface area contributed by atoms with Crippen LogP contribution >= 0.6 is 8.58 Å². The second-order valence-corrected chi connectivity index (χ2v) is 22.8. The van der Waals surface area contributed by atoms with Gasteiger partial charge in [0.05, 0.1) is 16.1 Å². The van der Waals surface area contributed by atoms with Gasteiger partial charge in [-0.1, -0.05) is 89.4 Å². The summed E-state index contributed by atoms with van der Waals surface area (Å²) in [5, 5.41) is 9.28. The number of ether oxygens (including phenoxy) is 2. The molecule has 0 radical (unpaired) electrons.